The zero-order valence-corrected chi connectivity index (χ0v) is 10.6. The summed E-state index contributed by atoms with van der Waals surface area (Å²) in [5, 5.41) is 0. The molecule has 0 aromatic heterocycles. The fraction of sp³-hybridized carbons (Fsp3) is 0.200. The van der Waals surface area contributed by atoms with Crippen molar-refractivity contribution in [1.29, 1.82) is 0 Å². The monoisotopic (exact) mass is 263 g/mol. The number of halogens is 2. The van der Waals surface area contributed by atoms with Crippen LogP contribution in [0.3, 0.4) is 0 Å². The number of benzene rings is 2. The van der Waals surface area contributed by atoms with Gasteiger partial charge in [-0.15, -0.1) is 0 Å². The molecule has 0 saturated heterocycles. The summed E-state index contributed by atoms with van der Waals surface area (Å²) in [5.74, 6) is -0.483. The highest BCUT2D eigenvalue weighted by Crippen LogP contribution is 2.29. The van der Waals surface area contributed by atoms with Gasteiger partial charge in [-0.25, -0.2) is 8.78 Å². The largest absolute Gasteiger partial charge is 0.454 e. The van der Waals surface area contributed by atoms with Gasteiger partial charge in [0, 0.05) is 6.07 Å². The van der Waals surface area contributed by atoms with E-state index < -0.39 is 5.82 Å². The van der Waals surface area contributed by atoms with E-state index in [2.05, 4.69) is 0 Å². The van der Waals surface area contributed by atoms with Gasteiger partial charge in [0.25, 0.3) is 0 Å². The summed E-state index contributed by atoms with van der Waals surface area (Å²) in [6.45, 7) is 2.05. The zero-order chi connectivity index (χ0) is 13.8. The molecule has 0 unspecified atom stereocenters. The Morgan fingerprint density at radius 3 is 2.58 bits per heavy atom. The summed E-state index contributed by atoms with van der Waals surface area (Å²) in [4.78, 5) is 0. The van der Waals surface area contributed by atoms with Gasteiger partial charge in [-0.05, 0) is 43.1 Å². The number of hydrogen-bond donors (Lipinski definition) is 1. The Bertz CT molecular complexity index is 584. The van der Waals surface area contributed by atoms with Crippen LogP contribution in [0.5, 0.6) is 11.5 Å². The van der Waals surface area contributed by atoms with Gasteiger partial charge in [0.1, 0.15) is 11.6 Å². The van der Waals surface area contributed by atoms with E-state index >= 15 is 0 Å². The Morgan fingerprint density at radius 1 is 1.11 bits per heavy atom. The first-order chi connectivity index (χ1) is 9.11. The number of hydrogen-bond acceptors (Lipinski definition) is 2. The molecular weight excluding hydrogens is 248 g/mol. The van der Waals surface area contributed by atoms with Crippen molar-refractivity contribution in [3.05, 3.63) is 59.2 Å². The molecule has 2 rings (SSSR count). The first kappa shape index (κ1) is 13.5. The van der Waals surface area contributed by atoms with Crippen molar-refractivity contribution in [1.82, 2.24) is 0 Å². The maximum atomic E-state index is 13.8. The standard InChI is InChI=1S/C15H15F2NO/c1-10-5-6-12(9-14(10)17)19-15-11(7-8-18)3-2-4-13(15)16/h2-6,9H,7-8,18H2,1H3. The Hall–Kier alpha value is -1.94. The average Bonchev–Trinajstić information content (AvgIpc) is 2.38. The third kappa shape index (κ3) is 3.09. The molecule has 100 valence electrons. The number of para-hydroxylation sites is 1. The smallest absolute Gasteiger partial charge is 0.166 e. The maximum Gasteiger partial charge on any atom is 0.166 e. The highest BCUT2D eigenvalue weighted by atomic mass is 19.1. The SMILES string of the molecule is Cc1ccc(Oc2c(F)cccc2CCN)cc1F. The Balaban J connectivity index is 2.34. The van der Waals surface area contributed by atoms with Crippen molar-refractivity contribution < 1.29 is 13.5 Å². The van der Waals surface area contributed by atoms with E-state index in [1.807, 2.05) is 0 Å². The molecule has 0 heterocycles. The lowest BCUT2D eigenvalue weighted by Crippen LogP contribution is -2.05. The lowest BCUT2D eigenvalue weighted by Gasteiger charge is -2.12. The van der Waals surface area contributed by atoms with Gasteiger partial charge < -0.3 is 10.5 Å². The molecule has 2 aromatic rings. The predicted octanol–water partition coefficient (Wildman–Crippen LogP) is 3.57. The molecule has 0 radical (unpaired) electrons. The van der Waals surface area contributed by atoms with Gasteiger partial charge in [-0.3, -0.25) is 0 Å². The molecule has 0 aliphatic carbocycles. The highest BCUT2D eigenvalue weighted by Gasteiger charge is 2.11. The van der Waals surface area contributed by atoms with Crippen LogP contribution < -0.4 is 10.5 Å². The molecule has 0 bridgehead atoms. The molecule has 2 N–H and O–H groups in total. The lowest BCUT2D eigenvalue weighted by atomic mass is 10.1. The van der Waals surface area contributed by atoms with E-state index in [1.54, 1.807) is 31.2 Å². The Labute approximate surface area is 110 Å². The van der Waals surface area contributed by atoms with Crippen LogP contribution in [0.1, 0.15) is 11.1 Å². The summed E-state index contributed by atoms with van der Waals surface area (Å²) >= 11 is 0. The minimum atomic E-state index is -0.480. The highest BCUT2D eigenvalue weighted by molar-refractivity contribution is 5.40. The lowest BCUT2D eigenvalue weighted by molar-refractivity contribution is 0.432. The van der Waals surface area contributed by atoms with Crippen LogP contribution in [0.25, 0.3) is 0 Å². The Morgan fingerprint density at radius 2 is 1.89 bits per heavy atom. The van der Waals surface area contributed by atoms with E-state index in [0.29, 0.717) is 24.1 Å². The van der Waals surface area contributed by atoms with Crippen LogP contribution in [0.4, 0.5) is 8.78 Å². The van der Waals surface area contributed by atoms with Gasteiger partial charge >= 0.3 is 0 Å². The first-order valence-electron chi connectivity index (χ1n) is 6.03. The normalized spacial score (nSPS) is 10.5. The second kappa shape index (κ2) is 5.80. The van der Waals surface area contributed by atoms with E-state index in [4.69, 9.17) is 10.5 Å². The topological polar surface area (TPSA) is 35.2 Å². The quantitative estimate of drug-likeness (QED) is 0.915. The second-order valence-electron chi connectivity index (χ2n) is 4.28. The third-order valence-electron chi connectivity index (χ3n) is 2.83. The number of aryl methyl sites for hydroxylation is 1. The minimum absolute atomic E-state index is 0.108. The molecule has 0 fully saturated rings. The molecule has 0 saturated carbocycles. The van der Waals surface area contributed by atoms with Gasteiger partial charge in [-0.2, -0.15) is 0 Å². The van der Waals surface area contributed by atoms with Crippen LogP contribution >= 0.6 is 0 Å². The maximum absolute atomic E-state index is 13.8. The molecule has 0 spiro atoms. The summed E-state index contributed by atoms with van der Waals surface area (Å²) in [5.41, 5.74) is 6.67. The summed E-state index contributed by atoms with van der Waals surface area (Å²) in [6.07, 6.45) is 0.501. The number of rotatable bonds is 4. The van der Waals surface area contributed by atoms with E-state index in [0.717, 1.165) is 0 Å². The second-order valence-corrected chi connectivity index (χ2v) is 4.28. The fourth-order valence-corrected chi connectivity index (χ4v) is 1.78. The van der Waals surface area contributed by atoms with Crippen molar-refractivity contribution in [3.8, 4) is 11.5 Å². The van der Waals surface area contributed by atoms with Crippen LogP contribution in [-0.4, -0.2) is 6.54 Å². The van der Waals surface area contributed by atoms with Gasteiger partial charge in [0.2, 0.25) is 0 Å². The minimum Gasteiger partial charge on any atom is -0.454 e. The summed E-state index contributed by atoms with van der Waals surface area (Å²) < 4.78 is 32.7. The summed E-state index contributed by atoms with van der Waals surface area (Å²) in [7, 11) is 0. The van der Waals surface area contributed by atoms with Gasteiger partial charge in [-0.1, -0.05) is 18.2 Å². The van der Waals surface area contributed by atoms with E-state index in [1.165, 1.54) is 12.1 Å². The molecule has 0 aliphatic rings. The van der Waals surface area contributed by atoms with Crippen molar-refractivity contribution >= 4 is 0 Å². The van der Waals surface area contributed by atoms with Crippen molar-refractivity contribution in [2.75, 3.05) is 6.54 Å². The van der Waals surface area contributed by atoms with Crippen LogP contribution in [0.15, 0.2) is 36.4 Å². The molecule has 0 aliphatic heterocycles. The van der Waals surface area contributed by atoms with Crippen LogP contribution in [-0.2, 0) is 6.42 Å². The molecule has 4 heteroatoms. The predicted molar refractivity (Wildman–Crippen MR) is 70.4 cm³/mol. The molecule has 2 nitrogen and oxygen atoms in total. The molecule has 2 aromatic carbocycles. The molecular formula is C15H15F2NO. The zero-order valence-electron chi connectivity index (χ0n) is 10.6. The number of nitrogens with two attached hydrogens (primary N) is 1. The van der Waals surface area contributed by atoms with Crippen LogP contribution in [0.2, 0.25) is 0 Å². The van der Waals surface area contributed by atoms with Crippen molar-refractivity contribution in [3.63, 3.8) is 0 Å². The fourth-order valence-electron chi connectivity index (χ4n) is 1.78. The average molecular weight is 263 g/mol. The van der Waals surface area contributed by atoms with Gasteiger partial charge in [0.05, 0.1) is 0 Å². The molecule has 19 heavy (non-hydrogen) atoms. The first-order valence-corrected chi connectivity index (χ1v) is 6.03. The number of ether oxygens (including phenoxy) is 1. The van der Waals surface area contributed by atoms with Crippen molar-refractivity contribution in [2.45, 2.75) is 13.3 Å². The molecule has 0 amide bonds. The van der Waals surface area contributed by atoms with Crippen LogP contribution in [0, 0.1) is 18.6 Å². The van der Waals surface area contributed by atoms with E-state index in [-0.39, 0.29) is 17.3 Å². The third-order valence-corrected chi connectivity index (χ3v) is 2.83. The van der Waals surface area contributed by atoms with Crippen molar-refractivity contribution in [2.24, 2.45) is 5.73 Å². The molecule has 0 atom stereocenters. The Kier molecular flexibility index (Phi) is 4.12. The van der Waals surface area contributed by atoms with E-state index in [9.17, 15) is 8.78 Å². The summed E-state index contributed by atoms with van der Waals surface area (Å²) in [6, 6.07) is 9.10. The van der Waals surface area contributed by atoms with Gasteiger partial charge in [0.15, 0.2) is 11.6 Å².